The number of benzene rings is 2. The second-order valence-electron chi connectivity index (χ2n) is 8.95. The van der Waals surface area contributed by atoms with Crippen molar-refractivity contribution < 1.29 is 27.6 Å². The molecular weight excluding hydrogens is 487 g/mol. The number of hydrogen-bond acceptors (Lipinski definition) is 5. The highest BCUT2D eigenvalue weighted by molar-refractivity contribution is 6.00. The minimum absolute atomic E-state index is 0.0301. The van der Waals surface area contributed by atoms with Crippen LogP contribution in [0.4, 0.5) is 18.9 Å². The van der Waals surface area contributed by atoms with E-state index in [-0.39, 0.29) is 17.5 Å². The third-order valence-electron chi connectivity index (χ3n) is 5.72. The van der Waals surface area contributed by atoms with E-state index >= 15 is 0 Å². The first kappa shape index (κ1) is 27.4. The van der Waals surface area contributed by atoms with Gasteiger partial charge in [-0.2, -0.15) is 13.2 Å². The Morgan fingerprint density at radius 2 is 1.59 bits per heavy atom. The lowest BCUT2D eigenvalue weighted by molar-refractivity contribution is -0.174. The number of pyridine rings is 1. The quantitative estimate of drug-likeness (QED) is 0.296. The molecule has 3 aromatic rings. The van der Waals surface area contributed by atoms with Gasteiger partial charge in [0, 0.05) is 17.8 Å². The molecule has 3 rings (SSSR count). The topological polar surface area (TPSA) is 122 Å². The first-order chi connectivity index (χ1) is 17.4. The van der Waals surface area contributed by atoms with Crippen LogP contribution < -0.4 is 16.6 Å². The highest BCUT2D eigenvalue weighted by atomic mass is 19.4. The summed E-state index contributed by atoms with van der Waals surface area (Å²) in [5.74, 6) is -4.43. The molecule has 0 radical (unpaired) electrons. The number of hydrogen-bond donors (Lipinski definition) is 3. The summed E-state index contributed by atoms with van der Waals surface area (Å²) in [5, 5.41) is 2.13. The monoisotopic (exact) mass is 513 g/mol. The molecule has 0 bridgehead atoms. The summed E-state index contributed by atoms with van der Waals surface area (Å²) < 4.78 is 39.1. The predicted octanol–water partition coefficient (Wildman–Crippen LogP) is 3.86. The van der Waals surface area contributed by atoms with Gasteiger partial charge in [0.05, 0.1) is 18.0 Å². The Hall–Kier alpha value is -4.21. The first-order valence-corrected chi connectivity index (χ1v) is 11.5. The van der Waals surface area contributed by atoms with E-state index in [1.54, 1.807) is 54.6 Å². The molecule has 10 heteroatoms. The summed E-state index contributed by atoms with van der Waals surface area (Å²) in [4.78, 5) is 53.5. The fourth-order valence-corrected chi connectivity index (χ4v) is 3.85. The molecule has 0 fully saturated rings. The third kappa shape index (κ3) is 6.93. The van der Waals surface area contributed by atoms with Gasteiger partial charge in [-0.15, -0.1) is 0 Å². The van der Waals surface area contributed by atoms with Gasteiger partial charge in [0.25, 0.3) is 11.3 Å². The molecule has 1 unspecified atom stereocenters. The minimum atomic E-state index is -5.13. The molecule has 0 saturated heterocycles. The van der Waals surface area contributed by atoms with Crippen molar-refractivity contribution in [2.45, 2.75) is 38.9 Å². The maximum absolute atomic E-state index is 13.2. The number of nitrogens with one attached hydrogen (secondary N) is 2. The maximum Gasteiger partial charge on any atom is 0.452 e. The summed E-state index contributed by atoms with van der Waals surface area (Å²) in [6, 6.07) is 14.7. The van der Waals surface area contributed by atoms with Crippen molar-refractivity contribution in [2.75, 3.05) is 5.73 Å². The number of alkyl halides is 3. The Bertz CT molecular complexity index is 1350. The number of aromatic amines is 1. The number of anilines is 1. The van der Waals surface area contributed by atoms with Crippen LogP contribution in [0.2, 0.25) is 0 Å². The number of nitrogen functional groups attached to an aromatic ring is 1. The average molecular weight is 514 g/mol. The lowest BCUT2D eigenvalue weighted by Crippen LogP contribution is -2.50. The van der Waals surface area contributed by atoms with Gasteiger partial charge in [-0.3, -0.25) is 19.2 Å². The third-order valence-corrected chi connectivity index (χ3v) is 5.72. The molecule has 0 aliphatic rings. The largest absolute Gasteiger partial charge is 0.452 e. The Kier molecular flexibility index (Phi) is 8.31. The second kappa shape index (κ2) is 11.2. The van der Waals surface area contributed by atoms with Gasteiger partial charge in [0.1, 0.15) is 0 Å². The number of carbonyl (C=O) groups is 3. The van der Waals surface area contributed by atoms with Gasteiger partial charge in [-0.05, 0) is 40.8 Å². The molecule has 1 atom stereocenters. The molecule has 4 N–H and O–H groups in total. The van der Waals surface area contributed by atoms with Gasteiger partial charge in [-0.1, -0.05) is 56.3 Å². The molecule has 0 aliphatic carbocycles. The van der Waals surface area contributed by atoms with Crippen molar-refractivity contribution in [1.29, 1.82) is 0 Å². The van der Waals surface area contributed by atoms with Gasteiger partial charge in [-0.25, -0.2) is 0 Å². The zero-order chi connectivity index (χ0) is 27.3. The summed E-state index contributed by atoms with van der Waals surface area (Å²) >= 11 is 0. The molecule has 1 heterocycles. The van der Waals surface area contributed by atoms with Crippen LogP contribution in [0, 0.1) is 5.92 Å². The lowest BCUT2D eigenvalue weighted by Gasteiger charge is -2.22. The van der Waals surface area contributed by atoms with Gasteiger partial charge < -0.3 is 16.0 Å². The van der Waals surface area contributed by atoms with Gasteiger partial charge >= 0.3 is 6.18 Å². The number of rotatable bonds is 9. The second-order valence-corrected chi connectivity index (χ2v) is 8.95. The van der Waals surface area contributed by atoms with Crippen LogP contribution in [0.25, 0.3) is 11.3 Å². The van der Waals surface area contributed by atoms with Crippen molar-refractivity contribution in [3.05, 3.63) is 87.7 Å². The van der Waals surface area contributed by atoms with E-state index in [2.05, 4.69) is 10.3 Å². The number of H-pyrrole nitrogens is 1. The first-order valence-electron chi connectivity index (χ1n) is 11.5. The number of nitrogens with two attached hydrogens (primary N) is 1. The standard InChI is InChI=1S/C27H26F3N3O4/c1-15(2)24(25(36)27(28,29)30)33-22(35)14-18-13-20(17-6-4-3-5-7-17)32-26(37)23(18)21(34)12-16-8-10-19(31)11-9-16/h3-11,13,15,24H,12,14,31H2,1-2H3,(H,32,37)(H,33,35). The number of carbonyl (C=O) groups excluding carboxylic acids is 3. The molecule has 1 amide bonds. The van der Waals surface area contributed by atoms with Crippen molar-refractivity contribution in [3.8, 4) is 11.3 Å². The van der Waals surface area contributed by atoms with E-state index in [0.717, 1.165) is 0 Å². The molecule has 0 saturated carbocycles. The summed E-state index contributed by atoms with van der Waals surface area (Å²) in [6.07, 6.45) is -5.88. The normalized spacial score (nSPS) is 12.3. The van der Waals surface area contributed by atoms with Crippen LogP contribution in [-0.2, 0) is 22.4 Å². The maximum atomic E-state index is 13.2. The van der Waals surface area contributed by atoms with Crippen LogP contribution in [0.3, 0.4) is 0 Å². The molecule has 37 heavy (non-hydrogen) atoms. The minimum Gasteiger partial charge on any atom is -0.399 e. The fraction of sp³-hybridized carbons (Fsp3) is 0.259. The number of halogens is 3. The van der Waals surface area contributed by atoms with E-state index in [0.29, 0.717) is 22.5 Å². The molecule has 0 spiro atoms. The van der Waals surface area contributed by atoms with Crippen molar-refractivity contribution in [2.24, 2.45) is 5.92 Å². The molecule has 2 aromatic carbocycles. The summed E-state index contributed by atoms with van der Waals surface area (Å²) in [7, 11) is 0. The fourth-order valence-electron chi connectivity index (χ4n) is 3.85. The zero-order valence-corrected chi connectivity index (χ0v) is 20.2. The SMILES string of the molecule is CC(C)C(NC(=O)Cc1cc(-c2ccccc2)[nH]c(=O)c1C(=O)Cc1ccc(N)cc1)C(=O)C(F)(F)F. The van der Waals surface area contributed by atoms with Crippen molar-refractivity contribution in [1.82, 2.24) is 10.3 Å². The van der Waals surface area contributed by atoms with E-state index in [9.17, 15) is 32.3 Å². The van der Waals surface area contributed by atoms with Crippen LogP contribution >= 0.6 is 0 Å². The summed E-state index contributed by atoms with van der Waals surface area (Å²) in [5.41, 5.74) is 6.68. The molecule has 7 nitrogen and oxygen atoms in total. The van der Waals surface area contributed by atoms with E-state index in [1.807, 2.05) is 0 Å². The van der Waals surface area contributed by atoms with Gasteiger partial charge in [0.15, 0.2) is 5.78 Å². The van der Waals surface area contributed by atoms with Crippen LogP contribution in [0.1, 0.15) is 35.3 Å². The smallest absolute Gasteiger partial charge is 0.399 e. The van der Waals surface area contributed by atoms with Crippen LogP contribution in [-0.4, -0.2) is 34.7 Å². The summed E-state index contributed by atoms with van der Waals surface area (Å²) in [6.45, 7) is 2.74. The van der Waals surface area contributed by atoms with Crippen LogP contribution in [0.5, 0.6) is 0 Å². The molecular formula is C27H26F3N3O4. The number of Topliss-reactive ketones (excluding diaryl/α,β-unsaturated/α-hetero) is 2. The van der Waals surface area contributed by atoms with E-state index in [1.165, 1.54) is 19.9 Å². The average Bonchev–Trinajstić information content (AvgIpc) is 2.83. The Morgan fingerprint density at radius 1 is 0.973 bits per heavy atom. The van der Waals surface area contributed by atoms with E-state index < -0.39 is 47.6 Å². The van der Waals surface area contributed by atoms with Gasteiger partial charge in [0.2, 0.25) is 5.91 Å². The highest BCUT2D eigenvalue weighted by Gasteiger charge is 2.45. The van der Waals surface area contributed by atoms with Crippen molar-refractivity contribution >= 4 is 23.2 Å². The molecule has 194 valence electrons. The number of ketones is 2. The lowest BCUT2D eigenvalue weighted by atomic mass is 9.95. The van der Waals surface area contributed by atoms with Crippen LogP contribution in [0.15, 0.2) is 65.5 Å². The molecule has 1 aromatic heterocycles. The van der Waals surface area contributed by atoms with E-state index in [4.69, 9.17) is 5.73 Å². The molecule has 0 aliphatic heterocycles. The predicted molar refractivity (Wildman–Crippen MR) is 133 cm³/mol. The Labute approximate surface area is 210 Å². The zero-order valence-electron chi connectivity index (χ0n) is 20.2. The highest BCUT2D eigenvalue weighted by Crippen LogP contribution is 2.22. The number of aromatic nitrogens is 1. The Morgan fingerprint density at radius 3 is 2.16 bits per heavy atom. The Balaban J connectivity index is 1.99. The number of amides is 1. The van der Waals surface area contributed by atoms with Crippen molar-refractivity contribution in [3.63, 3.8) is 0 Å².